The van der Waals surface area contributed by atoms with Crippen LogP contribution in [0.4, 0.5) is 17.1 Å². The topological polar surface area (TPSA) is 15.3 Å². The first-order valence-electron chi connectivity index (χ1n) is 8.07. The maximum atomic E-state index is 6.24. The Balaban J connectivity index is 1.68. The van der Waals surface area contributed by atoms with E-state index in [-0.39, 0.29) is 0 Å². The molecular weight excluding hydrogens is 316 g/mol. The van der Waals surface area contributed by atoms with E-state index in [1.807, 2.05) is 24.3 Å². The first-order chi connectivity index (χ1) is 11.6. The smallest absolute Gasteiger partial charge is 0.0640 e. The van der Waals surface area contributed by atoms with Crippen molar-refractivity contribution in [2.75, 3.05) is 24.3 Å². The molecule has 0 unspecified atom stereocenters. The Morgan fingerprint density at radius 1 is 0.875 bits per heavy atom. The van der Waals surface area contributed by atoms with Gasteiger partial charge in [-0.2, -0.15) is 0 Å². The molecular formula is C21H19ClN2. The van der Waals surface area contributed by atoms with E-state index < -0.39 is 0 Å². The molecule has 1 aliphatic carbocycles. The normalized spacial score (nSPS) is 11.8. The summed E-state index contributed by atoms with van der Waals surface area (Å²) in [5, 5.41) is 4.15. The van der Waals surface area contributed by atoms with Crippen molar-refractivity contribution in [2.24, 2.45) is 0 Å². The molecule has 3 aromatic carbocycles. The third kappa shape index (κ3) is 2.63. The van der Waals surface area contributed by atoms with Gasteiger partial charge in [0.05, 0.1) is 10.7 Å². The van der Waals surface area contributed by atoms with Crippen molar-refractivity contribution in [1.29, 1.82) is 0 Å². The Bertz CT molecular complexity index is 915. The molecule has 0 spiro atoms. The van der Waals surface area contributed by atoms with Gasteiger partial charge in [-0.15, -0.1) is 0 Å². The average Bonchev–Trinajstić information content (AvgIpc) is 2.93. The number of anilines is 3. The van der Waals surface area contributed by atoms with Gasteiger partial charge < -0.3 is 10.2 Å². The van der Waals surface area contributed by atoms with Gasteiger partial charge in [-0.05, 0) is 65.1 Å². The van der Waals surface area contributed by atoms with Gasteiger partial charge in [-0.3, -0.25) is 0 Å². The number of hydrogen-bond acceptors (Lipinski definition) is 2. The Labute approximate surface area is 147 Å². The Kier molecular flexibility index (Phi) is 3.70. The number of rotatable bonds is 3. The lowest BCUT2D eigenvalue weighted by Crippen LogP contribution is -2.08. The molecule has 1 aliphatic rings. The molecule has 120 valence electrons. The van der Waals surface area contributed by atoms with Crippen molar-refractivity contribution in [3.05, 3.63) is 76.8 Å². The summed E-state index contributed by atoms with van der Waals surface area (Å²) in [5.74, 6) is 0. The fourth-order valence-corrected chi connectivity index (χ4v) is 3.43. The van der Waals surface area contributed by atoms with Crippen molar-refractivity contribution in [1.82, 2.24) is 0 Å². The molecule has 0 amide bonds. The highest BCUT2D eigenvalue weighted by atomic mass is 35.5. The molecule has 3 heteroatoms. The minimum absolute atomic E-state index is 0.733. The number of nitrogens with zero attached hydrogens (tertiary/aromatic N) is 1. The standard InChI is InChI=1S/C21H19ClN2/c1-24(2)17-9-7-14-11-15-12-16(8-10-18(15)19(14)13-17)23-21-6-4-3-5-20(21)22/h3-10,12-13,23H,11H2,1-2H3. The van der Waals surface area contributed by atoms with E-state index in [1.54, 1.807) is 0 Å². The van der Waals surface area contributed by atoms with E-state index in [0.29, 0.717) is 0 Å². The van der Waals surface area contributed by atoms with E-state index >= 15 is 0 Å². The molecule has 0 atom stereocenters. The quantitative estimate of drug-likeness (QED) is 0.515. The fourth-order valence-electron chi connectivity index (χ4n) is 3.25. The molecule has 0 saturated carbocycles. The van der Waals surface area contributed by atoms with Crippen molar-refractivity contribution < 1.29 is 0 Å². The zero-order chi connectivity index (χ0) is 16.7. The summed E-state index contributed by atoms with van der Waals surface area (Å²) in [6.07, 6.45) is 0.983. The summed E-state index contributed by atoms with van der Waals surface area (Å²) >= 11 is 6.24. The predicted molar refractivity (Wildman–Crippen MR) is 104 cm³/mol. The number of halogens is 1. The zero-order valence-electron chi connectivity index (χ0n) is 13.8. The number of fused-ring (bicyclic) bond motifs is 3. The van der Waals surface area contributed by atoms with Gasteiger partial charge >= 0.3 is 0 Å². The van der Waals surface area contributed by atoms with Crippen LogP contribution in [-0.2, 0) is 6.42 Å². The highest BCUT2D eigenvalue weighted by molar-refractivity contribution is 6.33. The van der Waals surface area contributed by atoms with Crippen molar-refractivity contribution >= 4 is 28.7 Å². The van der Waals surface area contributed by atoms with Crippen molar-refractivity contribution in [3.8, 4) is 11.1 Å². The lowest BCUT2D eigenvalue weighted by atomic mass is 10.0. The van der Waals surface area contributed by atoms with Gasteiger partial charge in [-0.25, -0.2) is 0 Å². The van der Waals surface area contributed by atoms with Crippen LogP contribution in [0, 0.1) is 0 Å². The lowest BCUT2D eigenvalue weighted by molar-refractivity contribution is 1.13. The van der Waals surface area contributed by atoms with Crippen LogP contribution in [0.2, 0.25) is 5.02 Å². The van der Waals surface area contributed by atoms with E-state index in [2.05, 4.69) is 60.7 Å². The van der Waals surface area contributed by atoms with Gasteiger partial charge in [0.1, 0.15) is 0 Å². The summed E-state index contributed by atoms with van der Waals surface area (Å²) in [5.41, 5.74) is 8.68. The lowest BCUT2D eigenvalue weighted by Gasteiger charge is -2.14. The van der Waals surface area contributed by atoms with E-state index in [1.165, 1.54) is 27.9 Å². The third-order valence-corrected chi connectivity index (χ3v) is 4.87. The Morgan fingerprint density at radius 2 is 1.71 bits per heavy atom. The summed E-state index contributed by atoms with van der Waals surface area (Å²) in [6.45, 7) is 0. The first kappa shape index (κ1) is 15.1. The second-order valence-corrected chi connectivity index (χ2v) is 6.80. The van der Waals surface area contributed by atoms with Crippen LogP contribution in [0.25, 0.3) is 11.1 Å². The molecule has 0 radical (unpaired) electrons. The minimum Gasteiger partial charge on any atom is -0.378 e. The van der Waals surface area contributed by atoms with Crippen LogP contribution in [0.5, 0.6) is 0 Å². The second kappa shape index (κ2) is 5.88. The van der Waals surface area contributed by atoms with Crippen LogP contribution in [0.3, 0.4) is 0 Å². The van der Waals surface area contributed by atoms with Gasteiger partial charge in [0, 0.05) is 25.5 Å². The van der Waals surface area contributed by atoms with Crippen LogP contribution >= 0.6 is 11.6 Å². The summed E-state index contributed by atoms with van der Waals surface area (Å²) in [7, 11) is 4.16. The van der Waals surface area contributed by atoms with Gasteiger partial charge in [0.25, 0.3) is 0 Å². The van der Waals surface area contributed by atoms with Crippen LogP contribution in [0.15, 0.2) is 60.7 Å². The van der Waals surface area contributed by atoms with E-state index in [9.17, 15) is 0 Å². The molecule has 0 saturated heterocycles. The summed E-state index contributed by atoms with van der Waals surface area (Å²) in [6, 6.07) is 21.1. The van der Waals surface area contributed by atoms with Crippen LogP contribution < -0.4 is 10.2 Å². The monoisotopic (exact) mass is 334 g/mol. The summed E-state index contributed by atoms with van der Waals surface area (Å²) < 4.78 is 0. The van der Waals surface area contributed by atoms with Crippen LogP contribution in [-0.4, -0.2) is 14.1 Å². The second-order valence-electron chi connectivity index (χ2n) is 6.39. The van der Waals surface area contributed by atoms with Crippen molar-refractivity contribution in [2.45, 2.75) is 6.42 Å². The molecule has 3 aromatic rings. The Hall–Kier alpha value is -2.45. The molecule has 2 nitrogen and oxygen atoms in total. The van der Waals surface area contributed by atoms with E-state index in [4.69, 9.17) is 11.6 Å². The fraction of sp³-hybridized carbons (Fsp3) is 0.143. The molecule has 0 aliphatic heterocycles. The Morgan fingerprint density at radius 3 is 2.50 bits per heavy atom. The number of benzene rings is 3. The molecule has 0 aromatic heterocycles. The third-order valence-electron chi connectivity index (χ3n) is 4.54. The molecule has 1 N–H and O–H groups in total. The van der Waals surface area contributed by atoms with Gasteiger partial charge in [0.2, 0.25) is 0 Å². The SMILES string of the molecule is CN(C)c1ccc2c(c1)-c1ccc(Nc3ccccc3Cl)cc1C2. The molecule has 0 bridgehead atoms. The van der Waals surface area contributed by atoms with Crippen molar-refractivity contribution in [3.63, 3.8) is 0 Å². The largest absolute Gasteiger partial charge is 0.378 e. The van der Waals surface area contributed by atoms with Crippen LogP contribution in [0.1, 0.15) is 11.1 Å². The number of hydrogen-bond donors (Lipinski definition) is 1. The number of nitrogens with one attached hydrogen (secondary N) is 1. The van der Waals surface area contributed by atoms with Gasteiger partial charge in [0.15, 0.2) is 0 Å². The summed E-state index contributed by atoms with van der Waals surface area (Å²) in [4.78, 5) is 2.14. The predicted octanol–water partition coefficient (Wildman–Crippen LogP) is 5.72. The maximum absolute atomic E-state index is 6.24. The first-order valence-corrected chi connectivity index (χ1v) is 8.45. The number of para-hydroxylation sites is 1. The zero-order valence-corrected chi connectivity index (χ0v) is 14.6. The molecule has 24 heavy (non-hydrogen) atoms. The highest BCUT2D eigenvalue weighted by Crippen LogP contribution is 2.40. The minimum atomic E-state index is 0.733. The van der Waals surface area contributed by atoms with E-state index in [0.717, 1.165) is 22.8 Å². The molecule has 0 heterocycles. The molecule has 4 rings (SSSR count). The maximum Gasteiger partial charge on any atom is 0.0640 e. The average molecular weight is 335 g/mol. The van der Waals surface area contributed by atoms with Gasteiger partial charge in [-0.1, -0.05) is 35.9 Å². The highest BCUT2D eigenvalue weighted by Gasteiger charge is 2.19. The molecule has 0 fully saturated rings.